The van der Waals surface area contributed by atoms with Gasteiger partial charge in [-0.25, -0.2) is 17.6 Å². The van der Waals surface area contributed by atoms with Crippen LogP contribution in [0.4, 0.5) is 23.2 Å². The van der Waals surface area contributed by atoms with Gasteiger partial charge in [0.25, 0.3) is 11.5 Å². The lowest BCUT2D eigenvalue weighted by molar-refractivity contribution is -0.142. The maximum atomic E-state index is 14.4. The normalized spacial score (nSPS) is 13.2. The summed E-state index contributed by atoms with van der Waals surface area (Å²) in [7, 11) is 0. The minimum absolute atomic E-state index is 0.0936. The van der Waals surface area contributed by atoms with Crippen LogP contribution in [0.2, 0.25) is 0 Å². The van der Waals surface area contributed by atoms with Crippen molar-refractivity contribution < 1.29 is 32.3 Å². The summed E-state index contributed by atoms with van der Waals surface area (Å²) in [5, 5.41) is 10.9. The summed E-state index contributed by atoms with van der Waals surface area (Å²) in [6.45, 7) is 5.17. The second-order valence-electron chi connectivity index (χ2n) is 10.3. The Bertz CT molecular complexity index is 1780. The number of halogens is 4. The third-order valence-corrected chi connectivity index (χ3v) is 7.37. The minimum atomic E-state index is -1.16. The van der Waals surface area contributed by atoms with Gasteiger partial charge in [0.2, 0.25) is 5.78 Å². The molecule has 4 aromatic rings. The summed E-state index contributed by atoms with van der Waals surface area (Å²) in [6, 6.07) is 17.3. The number of para-hydroxylation sites is 1. The van der Waals surface area contributed by atoms with E-state index in [0.717, 1.165) is 16.3 Å². The molecule has 0 bridgehead atoms. The summed E-state index contributed by atoms with van der Waals surface area (Å²) in [5.74, 6) is -6.85. The van der Waals surface area contributed by atoms with E-state index in [4.69, 9.17) is 0 Å². The summed E-state index contributed by atoms with van der Waals surface area (Å²) in [5.41, 5.74) is -0.607. The van der Waals surface area contributed by atoms with E-state index in [-0.39, 0.29) is 30.8 Å². The lowest BCUT2D eigenvalue weighted by atomic mass is 10.0. The SMILES string of the molecule is CC.O=C(/C=C(\O)c1cc(Cc2c(F)cc(F)cc2F)cn(Cc2ccccc2F)c1=O)C(=O)N1CCN(c2ccccc2)CC1. The molecular formula is C35H33F4N3O4. The molecule has 1 fully saturated rings. The van der Waals surface area contributed by atoms with Crippen LogP contribution in [0.5, 0.6) is 0 Å². The number of hydrogen-bond donors (Lipinski definition) is 1. The largest absolute Gasteiger partial charge is 0.507 e. The number of rotatable bonds is 8. The fraction of sp³-hybridized carbons (Fsp3) is 0.229. The molecule has 1 aromatic heterocycles. The standard InChI is InChI=1S/C33H27F4N3O4.C2H6/c34-23-16-28(36)25(29(37)17-23)14-21-15-26(32(43)40(19-21)20-22-6-4-5-9-27(22)35)30(41)18-31(42)33(44)39-12-10-38(11-13-39)24-7-2-1-3-8-24;1-2/h1-9,15-19,41H,10-14,20H2;1-2H3/b30-18-;. The van der Waals surface area contributed by atoms with Crippen LogP contribution in [0.1, 0.15) is 36.1 Å². The molecule has 7 nitrogen and oxygen atoms in total. The van der Waals surface area contributed by atoms with Gasteiger partial charge in [0.15, 0.2) is 0 Å². The minimum Gasteiger partial charge on any atom is -0.507 e. The molecule has 1 aliphatic heterocycles. The molecule has 0 aliphatic carbocycles. The van der Waals surface area contributed by atoms with Gasteiger partial charge in [0, 0.05) is 73.8 Å². The van der Waals surface area contributed by atoms with Crippen molar-refractivity contribution in [3.63, 3.8) is 0 Å². The molecule has 46 heavy (non-hydrogen) atoms. The maximum absolute atomic E-state index is 14.4. The number of amides is 1. The van der Waals surface area contributed by atoms with E-state index in [2.05, 4.69) is 4.90 Å². The van der Waals surface area contributed by atoms with Crippen LogP contribution < -0.4 is 10.5 Å². The molecule has 3 aromatic carbocycles. The van der Waals surface area contributed by atoms with E-state index in [1.165, 1.54) is 29.3 Å². The van der Waals surface area contributed by atoms with Crippen molar-refractivity contribution in [3.8, 4) is 0 Å². The van der Waals surface area contributed by atoms with Gasteiger partial charge in [-0.1, -0.05) is 50.2 Å². The molecular weight excluding hydrogens is 602 g/mol. The van der Waals surface area contributed by atoms with E-state index in [1.54, 1.807) is 6.07 Å². The second-order valence-corrected chi connectivity index (χ2v) is 10.3. The molecule has 240 valence electrons. The van der Waals surface area contributed by atoms with Crippen molar-refractivity contribution >= 4 is 23.1 Å². The van der Waals surface area contributed by atoms with Gasteiger partial charge in [-0.15, -0.1) is 0 Å². The first-order chi connectivity index (χ1) is 22.1. The molecule has 0 atom stereocenters. The number of pyridine rings is 1. The molecule has 1 aliphatic rings. The predicted molar refractivity (Wildman–Crippen MR) is 168 cm³/mol. The van der Waals surface area contributed by atoms with Crippen LogP contribution in [0.25, 0.3) is 5.76 Å². The molecule has 5 rings (SSSR count). The van der Waals surface area contributed by atoms with Crippen LogP contribution in [0.3, 0.4) is 0 Å². The number of anilines is 1. The summed E-state index contributed by atoms with van der Waals surface area (Å²) >= 11 is 0. The van der Waals surface area contributed by atoms with Gasteiger partial charge in [-0.3, -0.25) is 14.4 Å². The third-order valence-electron chi connectivity index (χ3n) is 7.37. The average molecular weight is 636 g/mol. The summed E-state index contributed by atoms with van der Waals surface area (Å²) < 4.78 is 57.8. The Morgan fingerprint density at radius 1 is 0.826 bits per heavy atom. The zero-order chi connectivity index (χ0) is 33.4. The highest BCUT2D eigenvalue weighted by atomic mass is 19.1. The fourth-order valence-electron chi connectivity index (χ4n) is 5.08. The van der Waals surface area contributed by atoms with Gasteiger partial charge in [-0.05, 0) is 29.8 Å². The Hall–Kier alpha value is -5.19. The number of piperazine rings is 1. The first kappa shape index (κ1) is 33.7. The van der Waals surface area contributed by atoms with E-state index < -0.39 is 63.8 Å². The zero-order valence-corrected chi connectivity index (χ0v) is 25.4. The molecule has 1 N–H and O–H groups in total. The van der Waals surface area contributed by atoms with Gasteiger partial charge >= 0.3 is 0 Å². The van der Waals surface area contributed by atoms with E-state index in [1.807, 2.05) is 44.2 Å². The highest BCUT2D eigenvalue weighted by molar-refractivity contribution is 6.41. The first-order valence-electron chi connectivity index (χ1n) is 14.7. The molecule has 0 saturated carbocycles. The zero-order valence-electron chi connectivity index (χ0n) is 25.4. The Morgan fingerprint density at radius 3 is 2.07 bits per heavy atom. The average Bonchev–Trinajstić information content (AvgIpc) is 3.06. The molecule has 1 saturated heterocycles. The fourth-order valence-corrected chi connectivity index (χ4v) is 5.08. The van der Waals surface area contributed by atoms with Crippen molar-refractivity contribution in [1.82, 2.24) is 9.47 Å². The summed E-state index contributed by atoms with van der Waals surface area (Å²) in [4.78, 5) is 42.6. The molecule has 0 radical (unpaired) electrons. The first-order valence-corrected chi connectivity index (χ1v) is 14.7. The molecule has 0 unspecified atom stereocenters. The Balaban J connectivity index is 0.00000235. The maximum Gasteiger partial charge on any atom is 0.294 e. The van der Waals surface area contributed by atoms with E-state index in [9.17, 15) is 37.1 Å². The molecule has 11 heteroatoms. The van der Waals surface area contributed by atoms with E-state index >= 15 is 0 Å². The van der Waals surface area contributed by atoms with Crippen molar-refractivity contribution in [2.45, 2.75) is 26.8 Å². The second kappa shape index (κ2) is 15.2. The van der Waals surface area contributed by atoms with Crippen molar-refractivity contribution in [2.75, 3.05) is 31.1 Å². The van der Waals surface area contributed by atoms with Crippen LogP contribution >= 0.6 is 0 Å². The van der Waals surface area contributed by atoms with Gasteiger partial charge in [0.05, 0.1) is 12.1 Å². The number of benzene rings is 3. The molecule has 2 heterocycles. The highest BCUT2D eigenvalue weighted by Crippen LogP contribution is 2.21. The van der Waals surface area contributed by atoms with Crippen molar-refractivity contribution in [2.24, 2.45) is 0 Å². The Labute approximate surface area is 263 Å². The van der Waals surface area contributed by atoms with Gasteiger partial charge < -0.3 is 19.5 Å². The molecule has 0 spiro atoms. The van der Waals surface area contributed by atoms with Gasteiger partial charge in [-0.2, -0.15) is 0 Å². The number of aromatic nitrogens is 1. The third kappa shape index (κ3) is 7.90. The van der Waals surface area contributed by atoms with Crippen LogP contribution in [0.15, 0.2) is 89.9 Å². The van der Waals surface area contributed by atoms with Crippen molar-refractivity contribution in [3.05, 3.63) is 141 Å². The monoisotopic (exact) mass is 635 g/mol. The smallest absolute Gasteiger partial charge is 0.294 e. The number of nitrogens with zero attached hydrogens (tertiary/aromatic N) is 3. The number of carbonyl (C=O) groups excluding carboxylic acids is 2. The van der Waals surface area contributed by atoms with Gasteiger partial charge in [0.1, 0.15) is 29.0 Å². The van der Waals surface area contributed by atoms with Crippen LogP contribution in [0, 0.1) is 23.3 Å². The predicted octanol–water partition coefficient (Wildman–Crippen LogP) is 5.89. The Morgan fingerprint density at radius 2 is 1.43 bits per heavy atom. The lowest BCUT2D eigenvalue weighted by Crippen LogP contribution is -2.50. The highest BCUT2D eigenvalue weighted by Gasteiger charge is 2.26. The number of carbonyl (C=O) groups is 2. The van der Waals surface area contributed by atoms with Crippen molar-refractivity contribution in [1.29, 1.82) is 0 Å². The number of aliphatic hydroxyl groups is 1. The molecule has 1 amide bonds. The lowest BCUT2D eigenvalue weighted by Gasteiger charge is -2.35. The summed E-state index contributed by atoms with van der Waals surface area (Å²) in [6.07, 6.45) is 1.39. The van der Waals surface area contributed by atoms with Crippen LogP contribution in [-0.2, 0) is 22.6 Å². The Kier molecular flexibility index (Phi) is 11.1. The van der Waals surface area contributed by atoms with E-state index in [0.29, 0.717) is 31.3 Å². The number of hydrogen-bond acceptors (Lipinski definition) is 5. The van der Waals surface area contributed by atoms with Crippen LogP contribution in [-0.4, -0.2) is 52.4 Å². The topological polar surface area (TPSA) is 82.8 Å². The number of ketones is 1. The number of aliphatic hydroxyl groups excluding tert-OH is 1. The quantitative estimate of drug-likeness (QED) is 0.113.